The van der Waals surface area contributed by atoms with Gasteiger partial charge in [-0.1, -0.05) is 0 Å². The standard InChI is InChI=1S/C22H26N6O/c23-9-7-15-3-5-16(6-4-15)28-19(13-20(29)27-11-1-2-12-27)26-18-14-25-22-17(21(18)28)8-10-24-22/h8,10,14-16H,1-7,11-13H2,(H,24,25)/t15-,16-. The second kappa shape index (κ2) is 7.51. The van der Waals surface area contributed by atoms with E-state index in [2.05, 4.69) is 26.7 Å². The first kappa shape index (κ1) is 18.2. The first-order valence-electron chi connectivity index (χ1n) is 10.7. The topological polar surface area (TPSA) is 90.6 Å². The molecule has 0 bridgehead atoms. The van der Waals surface area contributed by atoms with Gasteiger partial charge in [0.15, 0.2) is 0 Å². The number of nitrogens with one attached hydrogen (secondary N) is 1. The number of amides is 1. The molecule has 7 nitrogen and oxygen atoms in total. The third-order valence-electron chi connectivity index (χ3n) is 6.64. The molecule has 3 aromatic heterocycles. The smallest absolute Gasteiger partial charge is 0.230 e. The predicted molar refractivity (Wildman–Crippen MR) is 110 cm³/mol. The molecule has 1 aliphatic carbocycles. The van der Waals surface area contributed by atoms with Gasteiger partial charge in [-0.25, -0.2) is 9.97 Å². The van der Waals surface area contributed by atoms with Gasteiger partial charge in [0, 0.05) is 37.1 Å². The van der Waals surface area contributed by atoms with E-state index >= 15 is 0 Å². The number of carbonyl (C=O) groups is 1. The van der Waals surface area contributed by atoms with Crippen LogP contribution in [-0.4, -0.2) is 43.4 Å². The molecule has 1 amide bonds. The molecular weight excluding hydrogens is 364 g/mol. The minimum atomic E-state index is 0.176. The highest BCUT2D eigenvalue weighted by atomic mass is 16.2. The van der Waals surface area contributed by atoms with Crippen molar-refractivity contribution >= 4 is 28.0 Å². The third kappa shape index (κ3) is 3.27. The van der Waals surface area contributed by atoms with E-state index in [-0.39, 0.29) is 5.91 Å². The molecule has 2 fully saturated rings. The number of hydrogen-bond acceptors (Lipinski definition) is 4. The summed E-state index contributed by atoms with van der Waals surface area (Å²) in [6.45, 7) is 1.73. The van der Waals surface area contributed by atoms with E-state index in [9.17, 15) is 4.79 Å². The Labute approximate surface area is 169 Å². The summed E-state index contributed by atoms with van der Waals surface area (Å²) < 4.78 is 2.32. The van der Waals surface area contributed by atoms with Crippen molar-refractivity contribution in [2.45, 2.75) is 57.4 Å². The van der Waals surface area contributed by atoms with Crippen LogP contribution in [0.3, 0.4) is 0 Å². The molecule has 150 valence electrons. The number of carbonyl (C=O) groups excluding carboxylic acids is 1. The van der Waals surface area contributed by atoms with Crippen LogP contribution in [0.25, 0.3) is 22.1 Å². The van der Waals surface area contributed by atoms with Crippen LogP contribution < -0.4 is 0 Å². The predicted octanol–water partition coefficient (Wildman–Crippen LogP) is 3.72. The van der Waals surface area contributed by atoms with Gasteiger partial charge in [-0.05, 0) is 50.5 Å². The van der Waals surface area contributed by atoms with Gasteiger partial charge in [0.05, 0.1) is 24.2 Å². The Morgan fingerprint density at radius 1 is 1.24 bits per heavy atom. The van der Waals surface area contributed by atoms with Crippen LogP contribution in [0.2, 0.25) is 0 Å². The Balaban J connectivity index is 1.54. The lowest BCUT2D eigenvalue weighted by Crippen LogP contribution is -2.30. The molecule has 0 radical (unpaired) electrons. The van der Waals surface area contributed by atoms with Crippen molar-refractivity contribution in [2.75, 3.05) is 13.1 Å². The van der Waals surface area contributed by atoms with Crippen molar-refractivity contribution in [3.63, 3.8) is 0 Å². The number of nitriles is 1. The van der Waals surface area contributed by atoms with E-state index in [0.29, 0.717) is 24.8 Å². The quantitative estimate of drug-likeness (QED) is 0.735. The van der Waals surface area contributed by atoms with E-state index in [4.69, 9.17) is 10.2 Å². The Bertz CT molecular complexity index is 1080. The Morgan fingerprint density at radius 2 is 2.03 bits per heavy atom. The molecule has 1 saturated heterocycles. The van der Waals surface area contributed by atoms with E-state index in [1.807, 2.05) is 17.3 Å². The van der Waals surface area contributed by atoms with E-state index < -0.39 is 0 Å². The second-order valence-corrected chi connectivity index (χ2v) is 8.43. The number of likely N-dealkylation sites (tertiary alicyclic amines) is 1. The van der Waals surface area contributed by atoms with Crippen LogP contribution in [0.5, 0.6) is 0 Å². The first-order chi connectivity index (χ1) is 14.2. The van der Waals surface area contributed by atoms with Gasteiger partial charge in [0.1, 0.15) is 17.0 Å². The molecule has 1 N–H and O–H groups in total. The maximum absolute atomic E-state index is 12.9. The van der Waals surface area contributed by atoms with Crippen LogP contribution in [0.15, 0.2) is 18.5 Å². The Morgan fingerprint density at radius 3 is 2.79 bits per heavy atom. The van der Waals surface area contributed by atoms with Crippen molar-refractivity contribution in [2.24, 2.45) is 5.92 Å². The number of hydrogen-bond donors (Lipinski definition) is 1. The average molecular weight is 390 g/mol. The fourth-order valence-corrected chi connectivity index (χ4v) is 5.11. The van der Waals surface area contributed by atoms with Crippen molar-refractivity contribution in [3.8, 4) is 6.07 Å². The minimum Gasteiger partial charge on any atom is -0.346 e. The lowest BCUT2D eigenvalue weighted by molar-refractivity contribution is -0.129. The number of pyridine rings is 1. The summed E-state index contributed by atoms with van der Waals surface area (Å²) in [5, 5.41) is 10.1. The number of aromatic amines is 1. The zero-order chi connectivity index (χ0) is 19.8. The molecule has 0 aromatic carbocycles. The van der Waals surface area contributed by atoms with E-state index in [1.54, 1.807) is 0 Å². The first-order valence-corrected chi connectivity index (χ1v) is 10.7. The van der Waals surface area contributed by atoms with Crippen molar-refractivity contribution in [3.05, 3.63) is 24.3 Å². The van der Waals surface area contributed by atoms with Gasteiger partial charge in [-0.3, -0.25) is 4.79 Å². The molecule has 0 atom stereocenters. The normalized spacial score (nSPS) is 22.4. The zero-order valence-corrected chi connectivity index (χ0v) is 16.6. The lowest BCUT2D eigenvalue weighted by Gasteiger charge is -2.30. The van der Waals surface area contributed by atoms with Gasteiger partial charge >= 0.3 is 0 Å². The van der Waals surface area contributed by atoms with Crippen LogP contribution in [0, 0.1) is 17.2 Å². The van der Waals surface area contributed by atoms with Crippen LogP contribution in [0.1, 0.15) is 56.8 Å². The fraction of sp³-hybridized carbons (Fsp3) is 0.545. The zero-order valence-electron chi connectivity index (χ0n) is 16.6. The molecule has 1 saturated carbocycles. The van der Waals surface area contributed by atoms with Crippen molar-refractivity contribution < 1.29 is 4.79 Å². The molecule has 0 unspecified atom stereocenters. The molecule has 7 heteroatoms. The summed E-state index contributed by atoms with van der Waals surface area (Å²) in [5.74, 6) is 1.53. The molecule has 29 heavy (non-hydrogen) atoms. The number of nitrogens with zero attached hydrogens (tertiary/aromatic N) is 5. The molecule has 3 aromatic rings. The second-order valence-electron chi connectivity index (χ2n) is 8.43. The molecule has 2 aliphatic rings. The highest BCUT2D eigenvalue weighted by Crippen LogP contribution is 2.38. The number of aromatic nitrogens is 4. The summed E-state index contributed by atoms with van der Waals surface area (Å²) >= 11 is 0. The molecule has 4 heterocycles. The summed E-state index contributed by atoms with van der Waals surface area (Å²) in [6, 6.07) is 4.69. The van der Waals surface area contributed by atoms with Gasteiger partial charge < -0.3 is 14.5 Å². The van der Waals surface area contributed by atoms with E-state index in [1.165, 1.54) is 0 Å². The van der Waals surface area contributed by atoms with Gasteiger partial charge in [-0.2, -0.15) is 5.26 Å². The Kier molecular flexibility index (Phi) is 4.70. The summed E-state index contributed by atoms with van der Waals surface area (Å²) in [5.41, 5.74) is 2.80. The largest absolute Gasteiger partial charge is 0.346 e. The van der Waals surface area contributed by atoms with Gasteiger partial charge in [0.2, 0.25) is 5.91 Å². The number of rotatable bonds is 4. The maximum atomic E-state index is 12.9. The fourth-order valence-electron chi connectivity index (χ4n) is 5.11. The molecule has 0 spiro atoms. The number of H-pyrrole nitrogens is 1. The highest BCUT2D eigenvalue weighted by Gasteiger charge is 2.28. The van der Waals surface area contributed by atoms with Gasteiger partial charge in [-0.15, -0.1) is 0 Å². The molecule has 5 rings (SSSR count). The van der Waals surface area contributed by atoms with Crippen LogP contribution in [-0.2, 0) is 11.2 Å². The highest BCUT2D eigenvalue weighted by molar-refractivity contribution is 6.01. The lowest BCUT2D eigenvalue weighted by atomic mass is 9.84. The monoisotopic (exact) mass is 390 g/mol. The average Bonchev–Trinajstić information content (AvgIpc) is 3.47. The Hall–Kier alpha value is -2.88. The molecule has 1 aliphatic heterocycles. The molecular formula is C22H26N6O. The summed E-state index contributed by atoms with van der Waals surface area (Å²) in [6.07, 6.45) is 11.1. The van der Waals surface area contributed by atoms with Crippen molar-refractivity contribution in [1.82, 2.24) is 24.4 Å². The van der Waals surface area contributed by atoms with Crippen LogP contribution >= 0.6 is 0 Å². The van der Waals surface area contributed by atoms with Gasteiger partial charge in [0.25, 0.3) is 0 Å². The SMILES string of the molecule is N#CC[C@H]1CC[C@H](n2c(CC(=O)N3CCCC3)nc3cnc4[nH]ccc4c32)CC1. The van der Waals surface area contributed by atoms with E-state index in [0.717, 1.165) is 79.5 Å². The summed E-state index contributed by atoms with van der Waals surface area (Å²) in [7, 11) is 0. The maximum Gasteiger partial charge on any atom is 0.230 e. The minimum absolute atomic E-state index is 0.176. The number of fused-ring (bicyclic) bond motifs is 3. The third-order valence-corrected chi connectivity index (χ3v) is 6.64. The van der Waals surface area contributed by atoms with Crippen molar-refractivity contribution in [1.29, 1.82) is 5.26 Å². The summed E-state index contributed by atoms with van der Waals surface area (Å²) in [4.78, 5) is 27.4. The number of imidazole rings is 1. The van der Waals surface area contributed by atoms with Crippen LogP contribution in [0.4, 0.5) is 0 Å².